The summed E-state index contributed by atoms with van der Waals surface area (Å²) in [6.45, 7) is 0. The molecule has 0 saturated carbocycles. The number of hydrogen-bond acceptors (Lipinski definition) is 6. The van der Waals surface area contributed by atoms with E-state index in [1.165, 1.54) is 18.2 Å². The van der Waals surface area contributed by atoms with Crippen molar-refractivity contribution in [3.63, 3.8) is 0 Å². The first-order valence-corrected chi connectivity index (χ1v) is 20.2. The predicted molar refractivity (Wildman–Crippen MR) is 245 cm³/mol. The van der Waals surface area contributed by atoms with Crippen molar-refractivity contribution in [3.05, 3.63) is 191 Å². The predicted octanol–water partition coefficient (Wildman–Crippen LogP) is 13.1. The number of hydrogen-bond donors (Lipinski definition) is 0. The highest BCUT2D eigenvalue weighted by atomic mass is 19.4. The first-order valence-electron chi connectivity index (χ1n) is 20.2. The highest BCUT2D eigenvalue weighted by Gasteiger charge is 2.32. The molecule has 0 N–H and O–H groups in total. The van der Waals surface area contributed by atoms with Gasteiger partial charge in [0.05, 0.1) is 103 Å². The Hall–Kier alpha value is -9.91. The summed E-state index contributed by atoms with van der Waals surface area (Å²) in [6, 6.07) is 55.4. The van der Waals surface area contributed by atoms with Crippen LogP contribution in [0.15, 0.2) is 152 Å². The van der Waals surface area contributed by atoms with Gasteiger partial charge < -0.3 is 9.13 Å². The van der Waals surface area contributed by atoms with Gasteiger partial charge in [-0.2, -0.15) is 44.7 Å². The lowest BCUT2D eigenvalue weighted by atomic mass is 9.95. The van der Waals surface area contributed by atoms with E-state index in [2.05, 4.69) is 30.3 Å². The summed E-state index contributed by atoms with van der Waals surface area (Å²) in [5.41, 5.74) is 6.22. The Balaban J connectivity index is 1.33. The van der Waals surface area contributed by atoms with Crippen molar-refractivity contribution in [2.45, 2.75) is 6.18 Å². The zero-order valence-electron chi connectivity index (χ0n) is 34.1. The number of para-hydroxylation sites is 2. The van der Waals surface area contributed by atoms with E-state index in [0.717, 1.165) is 33.7 Å². The molecule has 0 fully saturated rings. The Labute approximate surface area is 374 Å². The molecule has 306 valence electrons. The van der Waals surface area contributed by atoms with Gasteiger partial charge in [-0.25, -0.2) is 0 Å². The quantitative estimate of drug-likeness (QED) is 0.168. The summed E-state index contributed by atoms with van der Waals surface area (Å²) in [6.07, 6.45) is -4.81. The monoisotopic (exact) mass is 854 g/mol. The van der Waals surface area contributed by atoms with Crippen LogP contribution in [0.3, 0.4) is 0 Å². The molecule has 0 aliphatic carbocycles. The number of rotatable bonds is 5. The molecule has 0 aliphatic heterocycles. The molecule has 0 bridgehead atoms. The minimum atomic E-state index is -4.81. The maximum atomic E-state index is 14.7. The van der Waals surface area contributed by atoms with Gasteiger partial charge in [-0.3, -0.25) is 0 Å². The van der Waals surface area contributed by atoms with Gasteiger partial charge in [0.15, 0.2) is 0 Å². The number of aromatic nitrogens is 2. The Bertz CT molecular complexity index is 4020. The van der Waals surface area contributed by atoms with Crippen LogP contribution in [0.4, 0.5) is 13.2 Å². The zero-order valence-corrected chi connectivity index (χ0v) is 34.1. The van der Waals surface area contributed by atoms with Crippen molar-refractivity contribution in [2.24, 2.45) is 0 Å². The SMILES string of the molecule is N#Cc1cc(-c2cc(-n3c4ccccc4c4ccc(-c5ccc(C#N)cc5C#N)cc43)c(C#N)cc2-n2c3ccccc3c3ccc(-c4ccc(C#N)cc4C#N)cc32)cc(C(F)(F)F)c1. The molecule has 2 aromatic heterocycles. The van der Waals surface area contributed by atoms with Crippen LogP contribution in [0.2, 0.25) is 0 Å². The number of fused-ring (bicyclic) bond motifs is 6. The van der Waals surface area contributed by atoms with E-state index in [9.17, 15) is 44.7 Å². The van der Waals surface area contributed by atoms with Gasteiger partial charge >= 0.3 is 6.18 Å². The van der Waals surface area contributed by atoms with Crippen molar-refractivity contribution >= 4 is 43.6 Å². The third-order valence-corrected chi connectivity index (χ3v) is 11.9. The lowest BCUT2D eigenvalue weighted by Crippen LogP contribution is -2.07. The molecule has 0 radical (unpaired) electrons. The normalized spacial score (nSPS) is 11.2. The molecule has 0 atom stereocenters. The van der Waals surface area contributed by atoms with E-state index in [0.29, 0.717) is 66.8 Å². The Morgan fingerprint density at radius 1 is 0.348 bits per heavy atom. The van der Waals surface area contributed by atoms with Crippen LogP contribution in [-0.4, -0.2) is 9.13 Å². The third-order valence-electron chi connectivity index (χ3n) is 11.9. The lowest BCUT2D eigenvalue weighted by Gasteiger charge is -2.20. The highest BCUT2D eigenvalue weighted by Crippen LogP contribution is 2.44. The van der Waals surface area contributed by atoms with E-state index < -0.39 is 11.7 Å². The molecule has 8 aromatic carbocycles. The number of nitriles is 6. The molecule has 2 heterocycles. The van der Waals surface area contributed by atoms with Gasteiger partial charge in [0.1, 0.15) is 6.07 Å². The molecule has 10 rings (SSSR count). The van der Waals surface area contributed by atoms with Crippen molar-refractivity contribution in [1.82, 2.24) is 9.13 Å². The fourth-order valence-electron chi connectivity index (χ4n) is 8.99. The first kappa shape index (κ1) is 40.2. The van der Waals surface area contributed by atoms with Crippen LogP contribution < -0.4 is 0 Å². The smallest absolute Gasteiger partial charge is 0.309 e. The average Bonchev–Trinajstić information content (AvgIpc) is 3.86. The molecule has 0 saturated heterocycles. The Kier molecular flexibility index (Phi) is 9.41. The highest BCUT2D eigenvalue weighted by molar-refractivity contribution is 6.12. The third kappa shape index (κ3) is 6.42. The Morgan fingerprint density at radius 3 is 1.32 bits per heavy atom. The van der Waals surface area contributed by atoms with Crippen LogP contribution >= 0.6 is 0 Å². The minimum absolute atomic E-state index is 0.0701. The first-order chi connectivity index (χ1) is 32.1. The Morgan fingerprint density at radius 2 is 0.833 bits per heavy atom. The lowest BCUT2D eigenvalue weighted by molar-refractivity contribution is -0.137. The molecule has 10 aromatic rings. The van der Waals surface area contributed by atoms with Crippen molar-refractivity contribution in [1.29, 1.82) is 31.6 Å². The van der Waals surface area contributed by atoms with Gasteiger partial charge in [0, 0.05) is 27.1 Å². The van der Waals surface area contributed by atoms with E-state index in [4.69, 9.17) is 0 Å². The largest absolute Gasteiger partial charge is 0.416 e. The fourth-order valence-corrected chi connectivity index (χ4v) is 8.99. The summed E-state index contributed by atoms with van der Waals surface area (Å²) in [5, 5.41) is 63.8. The molecular weight excluding hydrogens is 830 g/mol. The standard InChI is InChI=1S/C55H25F3N8/c56-55(57,58)41-20-34(28-61)19-37(21-41)48-25-51(65-49-7-3-1-5-44(49)46-15-11-35(22-52(46)65)42-13-9-32(26-59)17-38(42)29-62)40(31-64)24-54(48)66-50-8-4-2-6-45(50)47-16-12-36(23-53(47)66)43-14-10-33(27-60)18-39(43)30-63/h1-25H. The molecule has 0 spiro atoms. The van der Waals surface area contributed by atoms with Gasteiger partial charge in [-0.15, -0.1) is 0 Å². The maximum absolute atomic E-state index is 14.7. The number of alkyl halides is 3. The van der Waals surface area contributed by atoms with Crippen molar-refractivity contribution in [3.8, 4) is 81.2 Å². The van der Waals surface area contributed by atoms with E-state index >= 15 is 0 Å². The van der Waals surface area contributed by atoms with Crippen LogP contribution in [0, 0.1) is 68.0 Å². The molecule has 0 unspecified atom stereocenters. The van der Waals surface area contributed by atoms with E-state index in [1.807, 2.05) is 100 Å². The minimum Gasteiger partial charge on any atom is -0.309 e. The van der Waals surface area contributed by atoms with E-state index in [1.54, 1.807) is 36.4 Å². The average molecular weight is 855 g/mol. The van der Waals surface area contributed by atoms with Crippen LogP contribution in [0.1, 0.15) is 38.9 Å². The molecular formula is C55H25F3N8. The van der Waals surface area contributed by atoms with Gasteiger partial charge in [-0.1, -0.05) is 72.8 Å². The molecule has 11 heteroatoms. The van der Waals surface area contributed by atoms with Gasteiger partial charge in [-0.05, 0) is 107 Å². The summed E-state index contributed by atoms with van der Waals surface area (Å²) in [5.74, 6) is 0. The maximum Gasteiger partial charge on any atom is 0.416 e. The molecule has 66 heavy (non-hydrogen) atoms. The molecule has 0 aliphatic rings. The number of nitrogens with zero attached hydrogens (tertiary/aromatic N) is 8. The van der Waals surface area contributed by atoms with E-state index in [-0.39, 0.29) is 33.4 Å². The summed E-state index contributed by atoms with van der Waals surface area (Å²) < 4.78 is 47.9. The zero-order chi connectivity index (χ0) is 45.9. The van der Waals surface area contributed by atoms with Crippen LogP contribution in [0.25, 0.3) is 88.4 Å². The van der Waals surface area contributed by atoms with Crippen molar-refractivity contribution in [2.75, 3.05) is 0 Å². The topological polar surface area (TPSA) is 153 Å². The molecule has 8 nitrogen and oxygen atoms in total. The van der Waals surface area contributed by atoms with Gasteiger partial charge in [0.2, 0.25) is 0 Å². The second-order valence-electron chi connectivity index (χ2n) is 15.5. The summed E-state index contributed by atoms with van der Waals surface area (Å²) in [7, 11) is 0. The van der Waals surface area contributed by atoms with Crippen molar-refractivity contribution < 1.29 is 13.2 Å². The van der Waals surface area contributed by atoms with Crippen LogP contribution in [-0.2, 0) is 6.18 Å². The summed E-state index contributed by atoms with van der Waals surface area (Å²) in [4.78, 5) is 0. The second kappa shape index (κ2) is 15.5. The van der Waals surface area contributed by atoms with Crippen LogP contribution in [0.5, 0.6) is 0 Å². The number of benzene rings is 8. The summed E-state index contributed by atoms with van der Waals surface area (Å²) >= 11 is 0. The number of halogens is 3. The molecule has 0 amide bonds. The fraction of sp³-hybridized carbons (Fsp3) is 0.0182. The second-order valence-corrected chi connectivity index (χ2v) is 15.5. The van der Waals surface area contributed by atoms with Gasteiger partial charge in [0.25, 0.3) is 0 Å².